The van der Waals surface area contributed by atoms with Crippen LogP contribution in [0.15, 0.2) is 209 Å². The summed E-state index contributed by atoms with van der Waals surface area (Å²) in [5.74, 6) is 0.192. The quantitative estimate of drug-likeness (QED) is 0.221. The molecule has 1 N–H and O–H groups in total. The van der Waals surface area contributed by atoms with Crippen LogP contribution in [0.3, 0.4) is 0 Å². The summed E-state index contributed by atoms with van der Waals surface area (Å²) in [5.41, 5.74) is 18.9. The topological polar surface area (TPSA) is 34.1 Å². The number of allylic oxidation sites excluding steroid dienone is 8. The van der Waals surface area contributed by atoms with Gasteiger partial charge in [0.05, 0.1) is 28.8 Å². The Morgan fingerprint density at radius 3 is 2.42 bits per heavy atom. The summed E-state index contributed by atoms with van der Waals surface area (Å²) in [6.45, 7) is 0.950. The van der Waals surface area contributed by atoms with Crippen molar-refractivity contribution in [2.24, 2.45) is 10.9 Å². The fourth-order valence-electron chi connectivity index (χ4n) is 9.88. The minimum Gasteiger partial charge on any atom is -0.374 e. The molecule has 5 nitrogen and oxygen atoms in total. The molecule has 57 heavy (non-hydrogen) atoms. The Bertz CT molecular complexity index is 2610. The second-order valence-corrected chi connectivity index (χ2v) is 15.9. The molecule has 0 bridgehead atoms. The van der Waals surface area contributed by atoms with Gasteiger partial charge in [-0.25, -0.2) is 0 Å². The number of benzene rings is 4. The van der Waals surface area contributed by atoms with E-state index >= 15 is 0 Å². The average Bonchev–Trinajstić information content (AvgIpc) is 3.56. The molecule has 3 unspecified atom stereocenters. The van der Waals surface area contributed by atoms with Gasteiger partial charge in [0.2, 0.25) is 0 Å². The third-order valence-corrected chi connectivity index (χ3v) is 12.4. The second kappa shape index (κ2) is 13.9. The monoisotopic (exact) mass is 739 g/mol. The molecule has 278 valence electrons. The molecule has 4 aliphatic heterocycles. The Labute approximate surface area is 335 Å². The molecule has 0 saturated carbocycles. The van der Waals surface area contributed by atoms with Crippen LogP contribution in [0, 0.1) is 5.92 Å². The first kappa shape index (κ1) is 33.7. The Morgan fingerprint density at radius 2 is 1.53 bits per heavy atom. The van der Waals surface area contributed by atoms with Gasteiger partial charge in [-0.05, 0) is 77.8 Å². The smallest absolute Gasteiger partial charge is 0.145 e. The minimum atomic E-state index is -0.199. The number of anilines is 2. The zero-order valence-corrected chi connectivity index (χ0v) is 32.2. The van der Waals surface area contributed by atoms with E-state index in [-0.39, 0.29) is 18.1 Å². The standard InChI is InChI=1S/C52H45N5/c1-55-33-38-21-8-9-24-40(38)49(34-55)57-47-29-14-11-26-42(47)50-41-25-10-13-28-46(41)56(51(50)43-27-12-15-30-48(43)57)39-23-16-22-37(31-39)45-32-44(35-17-4-2-5-18-35)53-52(54-45)36-19-6-3-7-20-36/h2-8,10-14,16-23,25-29,31-32,34,41,46,52-53H,9,15,24,30,33H2,1H3. The normalized spacial score (nSPS) is 23.2. The van der Waals surface area contributed by atoms with Crippen LogP contribution in [-0.2, 0) is 0 Å². The van der Waals surface area contributed by atoms with E-state index in [1.165, 1.54) is 56.3 Å². The highest BCUT2D eigenvalue weighted by Gasteiger charge is 2.45. The van der Waals surface area contributed by atoms with Crippen LogP contribution < -0.4 is 15.1 Å². The number of likely N-dealkylation sites (N-methyl/N-ethyl adjacent to an activating group) is 1. The summed E-state index contributed by atoms with van der Waals surface area (Å²) in [5, 5.41) is 3.73. The molecule has 3 atom stereocenters. The van der Waals surface area contributed by atoms with Gasteiger partial charge in [-0.15, -0.1) is 0 Å². The van der Waals surface area contributed by atoms with Crippen LogP contribution in [0.4, 0.5) is 11.4 Å². The number of nitrogens with one attached hydrogen (secondary N) is 1. The van der Waals surface area contributed by atoms with Crippen LogP contribution in [-0.4, -0.2) is 30.2 Å². The van der Waals surface area contributed by atoms with Crippen LogP contribution >= 0.6 is 0 Å². The lowest BCUT2D eigenvalue weighted by Gasteiger charge is -2.40. The number of aliphatic imine (C=N–C) groups is 1. The third-order valence-electron chi connectivity index (χ3n) is 12.4. The van der Waals surface area contributed by atoms with Crippen LogP contribution in [0.5, 0.6) is 0 Å². The van der Waals surface area contributed by atoms with Crippen molar-refractivity contribution in [3.8, 4) is 0 Å². The first-order valence-corrected chi connectivity index (χ1v) is 20.5. The SMILES string of the molecule is CN1C=C(N2C3=C(C=CCC3)C3=C(c4ccccc42)C2C=CC=CC2N3c2cccc(C3=NC(c4ccccc4)NC(c4ccccc4)=C3)c2)C2=C(C=CCC2)C1. The Morgan fingerprint density at radius 1 is 0.754 bits per heavy atom. The number of hydrogen-bond acceptors (Lipinski definition) is 5. The molecule has 7 aliphatic rings. The lowest BCUT2D eigenvalue weighted by Crippen LogP contribution is -2.36. The Kier molecular flexibility index (Phi) is 8.20. The van der Waals surface area contributed by atoms with E-state index in [1.54, 1.807) is 0 Å². The van der Waals surface area contributed by atoms with Gasteiger partial charge in [-0.3, -0.25) is 4.99 Å². The lowest BCUT2D eigenvalue weighted by molar-refractivity contribution is 0.481. The number of nitrogens with zero attached hydrogens (tertiary/aromatic N) is 4. The number of rotatable bonds is 5. The highest BCUT2D eigenvalue weighted by molar-refractivity contribution is 6.13. The average molecular weight is 740 g/mol. The molecule has 4 aromatic carbocycles. The molecule has 4 aromatic rings. The molecule has 5 heteroatoms. The van der Waals surface area contributed by atoms with Gasteiger partial charge in [-0.2, -0.15) is 0 Å². The molecule has 0 spiro atoms. The minimum absolute atomic E-state index is 0.138. The zero-order valence-electron chi connectivity index (χ0n) is 32.2. The first-order valence-electron chi connectivity index (χ1n) is 20.5. The molecule has 0 amide bonds. The van der Waals surface area contributed by atoms with Gasteiger partial charge in [-0.1, -0.05) is 140 Å². The number of hydrogen-bond donors (Lipinski definition) is 1. The van der Waals surface area contributed by atoms with Crippen molar-refractivity contribution in [3.05, 3.63) is 226 Å². The van der Waals surface area contributed by atoms with Gasteiger partial charge in [0.15, 0.2) is 0 Å². The number of para-hydroxylation sites is 1. The van der Waals surface area contributed by atoms with Gasteiger partial charge >= 0.3 is 0 Å². The van der Waals surface area contributed by atoms with Crippen LogP contribution in [0.2, 0.25) is 0 Å². The van der Waals surface area contributed by atoms with E-state index in [1.807, 2.05) is 0 Å². The number of fused-ring (bicyclic) bond motifs is 5. The van der Waals surface area contributed by atoms with Crippen molar-refractivity contribution in [1.82, 2.24) is 10.2 Å². The highest BCUT2D eigenvalue weighted by atomic mass is 15.2. The zero-order chi connectivity index (χ0) is 37.9. The first-order chi connectivity index (χ1) is 28.2. The second-order valence-electron chi connectivity index (χ2n) is 15.9. The van der Waals surface area contributed by atoms with Gasteiger partial charge in [0, 0.05) is 59.5 Å². The van der Waals surface area contributed by atoms with Crippen LogP contribution in [0.25, 0.3) is 11.3 Å². The molecule has 0 aromatic heterocycles. The molecule has 3 aliphatic carbocycles. The molecule has 11 rings (SSSR count). The Hall–Kier alpha value is -6.59. The van der Waals surface area contributed by atoms with E-state index in [9.17, 15) is 0 Å². The van der Waals surface area contributed by atoms with Crippen molar-refractivity contribution >= 4 is 28.4 Å². The van der Waals surface area contributed by atoms with Crippen molar-refractivity contribution in [3.63, 3.8) is 0 Å². The predicted molar refractivity (Wildman–Crippen MR) is 235 cm³/mol. The van der Waals surface area contributed by atoms with E-state index in [4.69, 9.17) is 4.99 Å². The maximum Gasteiger partial charge on any atom is 0.145 e. The molecule has 0 fully saturated rings. The molecule has 0 radical (unpaired) electrons. The summed E-state index contributed by atoms with van der Waals surface area (Å²) >= 11 is 0. The third kappa shape index (κ3) is 5.71. The van der Waals surface area contributed by atoms with E-state index in [0.29, 0.717) is 0 Å². The summed E-state index contributed by atoms with van der Waals surface area (Å²) in [7, 11) is 2.22. The summed E-state index contributed by atoms with van der Waals surface area (Å²) in [4.78, 5) is 13.0. The maximum atomic E-state index is 5.37. The highest BCUT2D eigenvalue weighted by Crippen LogP contribution is 2.55. The molecular weight excluding hydrogens is 695 g/mol. The van der Waals surface area contributed by atoms with Crippen molar-refractivity contribution < 1.29 is 0 Å². The fraction of sp³-hybridized carbons (Fsp3) is 0.173. The molecule has 4 heterocycles. The largest absolute Gasteiger partial charge is 0.374 e. The molecule has 0 saturated heterocycles. The van der Waals surface area contributed by atoms with Crippen LogP contribution in [0.1, 0.15) is 54.1 Å². The van der Waals surface area contributed by atoms with Crippen molar-refractivity contribution in [2.45, 2.75) is 37.9 Å². The van der Waals surface area contributed by atoms with Gasteiger partial charge in [0.25, 0.3) is 0 Å². The summed E-state index contributed by atoms with van der Waals surface area (Å²) in [6, 6.07) is 39.6. The fourth-order valence-corrected chi connectivity index (χ4v) is 9.88. The summed E-state index contributed by atoms with van der Waals surface area (Å²) < 4.78 is 0. The molecular formula is C52H45N5. The van der Waals surface area contributed by atoms with E-state index < -0.39 is 0 Å². The van der Waals surface area contributed by atoms with Crippen molar-refractivity contribution in [1.29, 1.82) is 0 Å². The van der Waals surface area contributed by atoms with Gasteiger partial charge < -0.3 is 20.0 Å². The predicted octanol–water partition coefficient (Wildman–Crippen LogP) is 11.0. The Balaban J connectivity index is 1.09. The van der Waals surface area contributed by atoms with E-state index in [0.717, 1.165) is 60.3 Å². The van der Waals surface area contributed by atoms with Gasteiger partial charge in [0.1, 0.15) is 6.17 Å². The maximum absolute atomic E-state index is 5.37. The lowest BCUT2D eigenvalue weighted by atomic mass is 9.85. The summed E-state index contributed by atoms with van der Waals surface area (Å²) in [6.07, 6.45) is 27.4. The van der Waals surface area contributed by atoms with Crippen molar-refractivity contribution in [2.75, 3.05) is 23.4 Å². The van der Waals surface area contributed by atoms with E-state index in [2.05, 4.69) is 197 Å².